The van der Waals surface area contributed by atoms with Gasteiger partial charge in [-0.1, -0.05) is 12.1 Å². The van der Waals surface area contributed by atoms with Gasteiger partial charge in [0.15, 0.2) is 0 Å². The lowest BCUT2D eigenvalue weighted by Gasteiger charge is -2.32. The Morgan fingerprint density at radius 2 is 2.00 bits per heavy atom. The molecule has 0 atom stereocenters. The highest BCUT2D eigenvalue weighted by Crippen LogP contribution is 2.27. The Labute approximate surface area is 162 Å². The molecule has 1 fully saturated rings. The molecule has 28 heavy (non-hydrogen) atoms. The number of piperidine rings is 1. The van der Waals surface area contributed by atoms with Gasteiger partial charge in [0, 0.05) is 44.2 Å². The maximum absolute atomic E-state index is 12.6. The number of amides is 2. The van der Waals surface area contributed by atoms with Crippen LogP contribution in [0.15, 0.2) is 36.7 Å². The predicted molar refractivity (Wildman–Crippen MR) is 104 cm³/mol. The molecule has 2 amide bonds. The Morgan fingerprint density at radius 3 is 2.75 bits per heavy atom. The summed E-state index contributed by atoms with van der Waals surface area (Å²) in [5.74, 6) is 1.75. The quantitative estimate of drug-likeness (QED) is 0.676. The number of likely N-dealkylation sites (tertiary alicyclic amines) is 1. The van der Waals surface area contributed by atoms with Gasteiger partial charge in [-0.25, -0.2) is 9.97 Å². The van der Waals surface area contributed by atoms with Crippen LogP contribution in [0.25, 0.3) is 11.0 Å². The number of aromatic amines is 1. The monoisotopic (exact) mass is 380 g/mol. The third-order valence-electron chi connectivity index (χ3n) is 5.30. The fraction of sp³-hybridized carbons (Fsp3) is 0.400. The third kappa shape index (κ3) is 3.90. The van der Waals surface area contributed by atoms with Gasteiger partial charge in [0.05, 0.1) is 11.0 Å². The van der Waals surface area contributed by atoms with Crippen LogP contribution in [0.4, 0.5) is 0 Å². The van der Waals surface area contributed by atoms with E-state index in [0.29, 0.717) is 25.9 Å². The Balaban J connectivity index is 1.30. The number of aromatic nitrogens is 4. The lowest BCUT2D eigenvalue weighted by molar-refractivity contribution is -0.132. The van der Waals surface area contributed by atoms with Gasteiger partial charge in [0.1, 0.15) is 18.2 Å². The standard InChI is InChI=1S/C20H24N6O2/c21-17(27)13-26-12-9-22-20(26)14-7-10-25(11-8-14)19(28)6-5-18-23-15-3-1-2-4-16(15)24-18/h1-4,9,12,14H,5-8,10-11,13H2,(H2,21,27)(H,23,24). The fourth-order valence-corrected chi connectivity index (χ4v) is 3.88. The Bertz CT molecular complexity index is 950. The molecule has 3 aromatic rings. The van der Waals surface area contributed by atoms with Gasteiger partial charge in [0.25, 0.3) is 0 Å². The second-order valence-electron chi connectivity index (χ2n) is 7.24. The summed E-state index contributed by atoms with van der Waals surface area (Å²) in [6, 6.07) is 7.87. The lowest BCUT2D eigenvalue weighted by Crippen LogP contribution is -2.38. The van der Waals surface area contributed by atoms with Crippen molar-refractivity contribution in [1.82, 2.24) is 24.4 Å². The number of imidazole rings is 2. The second kappa shape index (κ2) is 7.84. The van der Waals surface area contributed by atoms with E-state index in [0.717, 1.165) is 35.5 Å². The first-order valence-electron chi connectivity index (χ1n) is 9.61. The van der Waals surface area contributed by atoms with E-state index in [2.05, 4.69) is 15.0 Å². The van der Waals surface area contributed by atoms with Crippen LogP contribution >= 0.6 is 0 Å². The zero-order valence-corrected chi connectivity index (χ0v) is 15.7. The van der Waals surface area contributed by atoms with Crippen LogP contribution in [0.3, 0.4) is 0 Å². The van der Waals surface area contributed by atoms with Crippen molar-refractivity contribution in [3.8, 4) is 0 Å². The number of nitrogens with two attached hydrogens (primary N) is 1. The molecule has 1 aromatic carbocycles. The number of hydrogen-bond acceptors (Lipinski definition) is 4. The Morgan fingerprint density at radius 1 is 1.21 bits per heavy atom. The number of aryl methyl sites for hydroxylation is 1. The number of rotatable bonds is 6. The number of H-pyrrole nitrogens is 1. The van der Waals surface area contributed by atoms with E-state index in [4.69, 9.17) is 5.73 Å². The average Bonchev–Trinajstić information content (AvgIpc) is 3.32. The number of para-hydroxylation sites is 2. The molecule has 8 nitrogen and oxygen atoms in total. The number of nitrogens with one attached hydrogen (secondary N) is 1. The van der Waals surface area contributed by atoms with Crippen LogP contribution in [0, 0.1) is 0 Å². The van der Waals surface area contributed by atoms with E-state index >= 15 is 0 Å². The number of carbonyl (C=O) groups is 2. The molecule has 0 saturated carbocycles. The summed E-state index contributed by atoms with van der Waals surface area (Å²) < 4.78 is 1.81. The molecule has 0 radical (unpaired) electrons. The number of nitrogens with zero attached hydrogens (tertiary/aromatic N) is 4. The van der Waals surface area contributed by atoms with Crippen molar-refractivity contribution in [2.75, 3.05) is 13.1 Å². The summed E-state index contributed by atoms with van der Waals surface area (Å²) in [4.78, 5) is 37.9. The first-order valence-corrected chi connectivity index (χ1v) is 9.61. The molecule has 2 aromatic heterocycles. The summed E-state index contributed by atoms with van der Waals surface area (Å²) >= 11 is 0. The van der Waals surface area contributed by atoms with Crippen molar-refractivity contribution in [3.63, 3.8) is 0 Å². The highest BCUT2D eigenvalue weighted by Gasteiger charge is 2.26. The molecule has 146 valence electrons. The van der Waals surface area contributed by atoms with Gasteiger partial charge in [-0.15, -0.1) is 0 Å². The number of hydrogen-bond donors (Lipinski definition) is 2. The van der Waals surface area contributed by atoms with Gasteiger partial charge in [-0.3, -0.25) is 9.59 Å². The number of primary amides is 1. The minimum atomic E-state index is -0.377. The van der Waals surface area contributed by atoms with Crippen molar-refractivity contribution < 1.29 is 9.59 Å². The summed E-state index contributed by atoms with van der Waals surface area (Å²) in [7, 11) is 0. The largest absolute Gasteiger partial charge is 0.368 e. The smallest absolute Gasteiger partial charge is 0.237 e. The number of fused-ring (bicyclic) bond motifs is 1. The minimum absolute atomic E-state index is 0.145. The van der Waals surface area contributed by atoms with Gasteiger partial charge in [-0.05, 0) is 25.0 Å². The average molecular weight is 380 g/mol. The van der Waals surface area contributed by atoms with Crippen LogP contribution in [0.1, 0.15) is 36.8 Å². The Hall–Kier alpha value is -3.16. The van der Waals surface area contributed by atoms with E-state index in [1.165, 1.54) is 0 Å². The molecule has 3 heterocycles. The molecule has 1 saturated heterocycles. The van der Waals surface area contributed by atoms with Gasteiger partial charge < -0.3 is 20.2 Å². The van der Waals surface area contributed by atoms with Gasteiger partial charge in [0.2, 0.25) is 11.8 Å². The van der Waals surface area contributed by atoms with Crippen molar-refractivity contribution >= 4 is 22.8 Å². The van der Waals surface area contributed by atoms with E-state index < -0.39 is 0 Å². The maximum atomic E-state index is 12.6. The molecule has 0 spiro atoms. The molecule has 8 heteroatoms. The molecule has 4 rings (SSSR count). The van der Waals surface area contributed by atoms with E-state index in [1.54, 1.807) is 12.4 Å². The number of carbonyl (C=O) groups excluding carboxylic acids is 2. The van der Waals surface area contributed by atoms with Crippen molar-refractivity contribution in [2.24, 2.45) is 5.73 Å². The Kier molecular flexibility index (Phi) is 5.10. The van der Waals surface area contributed by atoms with Crippen molar-refractivity contribution in [1.29, 1.82) is 0 Å². The van der Waals surface area contributed by atoms with Crippen LogP contribution in [0.2, 0.25) is 0 Å². The van der Waals surface area contributed by atoms with Crippen molar-refractivity contribution in [2.45, 2.75) is 38.1 Å². The van der Waals surface area contributed by atoms with Crippen LogP contribution < -0.4 is 5.73 Å². The van der Waals surface area contributed by atoms with Crippen LogP contribution in [0.5, 0.6) is 0 Å². The summed E-state index contributed by atoms with van der Waals surface area (Å²) in [5, 5.41) is 0. The molecular weight excluding hydrogens is 356 g/mol. The second-order valence-corrected chi connectivity index (χ2v) is 7.24. The van der Waals surface area contributed by atoms with E-state index in [1.807, 2.05) is 33.7 Å². The highest BCUT2D eigenvalue weighted by molar-refractivity contribution is 5.77. The molecular formula is C20H24N6O2. The predicted octanol–water partition coefficient (Wildman–Crippen LogP) is 1.58. The van der Waals surface area contributed by atoms with E-state index in [-0.39, 0.29) is 24.3 Å². The summed E-state index contributed by atoms with van der Waals surface area (Å²) in [6.45, 7) is 1.55. The zero-order valence-electron chi connectivity index (χ0n) is 15.7. The highest BCUT2D eigenvalue weighted by atomic mass is 16.2. The zero-order chi connectivity index (χ0) is 19.5. The van der Waals surface area contributed by atoms with Crippen LogP contribution in [-0.4, -0.2) is 49.3 Å². The normalized spacial score (nSPS) is 15.2. The summed E-state index contributed by atoms with van der Waals surface area (Å²) in [5.41, 5.74) is 7.23. The molecule has 0 unspecified atom stereocenters. The summed E-state index contributed by atoms with van der Waals surface area (Å²) in [6.07, 6.45) is 6.21. The molecule has 1 aliphatic rings. The van der Waals surface area contributed by atoms with Gasteiger partial charge in [-0.2, -0.15) is 0 Å². The minimum Gasteiger partial charge on any atom is -0.368 e. The molecule has 0 aliphatic carbocycles. The number of benzene rings is 1. The first-order chi connectivity index (χ1) is 13.6. The van der Waals surface area contributed by atoms with Crippen LogP contribution in [-0.2, 0) is 22.6 Å². The fourth-order valence-electron chi connectivity index (χ4n) is 3.88. The van der Waals surface area contributed by atoms with E-state index in [9.17, 15) is 9.59 Å². The molecule has 0 bridgehead atoms. The van der Waals surface area contributed by atoms with Gasteiger partial charge >= 0.3 is 0 Å². The molecule has 1 aliphatic heterocycles. The van der Waals surface area contributed by atoms with Crippen molar-refractivity contribution in [3.05, 3.63) is 48.3 Å². The maximum Gasteiger partial charge on any atom is 0.237 e. The topological polar surface area (TPSA) is 110 Å². The SMILES string of the molecule is NC(=O)Cn1ccnc1C1CCN(C(=O)CCc2nc3ccccc3[nH]2)CC1. The lowest BCUT2D eigenvalue weighted by atomic mass is 9.95. The first kappa shape index (κ1) is 18.2. The molecule has 3 N–H and O–H groups in total. The third-order valence-corrected chi connectivity index (χ3v) is 5.30.